The van der Waals surface area contributed by atoms with E-state index in [0.29, 0.717) is 15.1 Å². The van der Waals surface area contributed by atoms with Crippen molar-refractivity contribution in [1.82, 2.24) is 4.98 Å². The zero-order valence-corrected chi connectivity index (χ0v) is 9.81. The van der Waals surface area contributed by atoms with Crippen LogP contribution in [0.2, 0.25) is 15.1 Å². The maximum absolute atomic E-state index is 6.08. The van der Waals surface area contributed by atoms with E-state index in [0.717, 1.165) is 11.3 Å². The molecule has 0 amide bonds. The summed E-state index contributed by atoms with van der Waals surface area (Å²) in [6.07, 6.45) is 1.70. The monoisotopic (exact) mass is 257 g/mol. The topological polar surface area (TPSA) is 12.9 Å². The van der Waals surface area contributed by atoms with Crippen LogP contribution in [0.25, 0.3) is 11.3 Å². The lowest BCUT2D eigenvalue weighted by Crippen LogP contribution is -1.84. The molecule has 0 radical (unpaired) electrons. The molecule has 76 valence electrons. The van der Waals surface area contributed by atoms with Crippen LogP contribution in [0.3, 0.4) is 0 Å². The maximum atomic E-state index is 6.08. The van der Waals surface area contributed by atoms with Crippen molar-refractivity contribution in [3.63, 3.8) is 0 Å². The molecule has 0 aliphatic heterocycles. The second kappa shape index (κ2) is 4.40. The SMILES string of the molecule is Clc1ccc(-c2ccccn2)c(Cl)c1Cl. The minimum Gasteiger partial charge on any atom is -0.256 e. The highest BCUT2D eigenvalue weighted by molar-refractivity contribution is 6.49. The Morgan fingerprint density at radius 3 is 2.33 bits per heavy atom. The van der Waals surface area contributed by atoms with E-state index in [-0.39, 0.29) is 0 Å². The van der Waals surface area contributed by atoms with E-state index in [4.69, 9.17) is 34.8 Å². The number of aromatic nitrogens is 1. The molecule has 2 rings (SSSR count). The smallest absolute Gasteiger partial charge is 0.0785 e. The summed E-state index contributed by atoms with van der Waals surface area (Å²) in [4.78, 5) is 4.19. The van der Waals surface area contributed by atoms with Crippen LogP contribution in [-0.2, 0) is 0 Å². The Labute approximate surface area is 103 Å². The Hall–Kier alpha value is -0.760. The minimum absolute atomic E-state index is 0.362. The zero-order chi connectivity index (χ0) is 10.8. The number of pyridine rings is 1. The highest BCUT2D eigenvalue weighted by Crippen LogP contribution is 2.36. The van der Waals surface area contributed by atoms with Gasteiger partial charge in [-0.05, 0) is 24.3 Å². The number of nitrogens with zero attached hydrogens (tertiary/aromatic N) is 1. The van der Waals surface area contributed by atoms with Crippen LogP contribution in [0.5, 0.6) is 0 Å². The van der Waals surface area contributed by atoms with Crippen molar-refractivity contribution in [3.8, 4) is 11.3 Å². The van der Waals surface area contributed by atoms with Gasteiger partial charge in [-0.1, -0.05) is 40.9 Å². The third kappa shape index (κ3) is 2.10. The first-order valence-corrected chi connectivity index (χ1v) is 5.38. The summed E-state index contributed by atoms with van der Waals surface area (Å²) in [7, 11) is 0. The molecule has 0 spiro atoms. The molecule has 1 nitrogen and oxygen atoms in total. The molecule has 0 saturated heterocycles. The van der Waals surface area contributed by atoms with Crippen LogP contribution in [0.15, 0.2) is 36.5 Å². The van der Waals surface area contributed by atoms with Crippen LogP contribution in [0, 0.1) is 0 Å². The van der Waals surface area contributed by atoms with Gasteiger partial charge in [-0.15, -0.1) is 0 Å². The zero-order valence-electron chi connectivity index (χ0n) is 7.55. The molecule has 0 atom stereocenters. The van der Waals surface area contributed by atoms with E-state index in [9.17, 15) is 0 Å². The first kappa shape index (κ1) is 10.7. The lowest BCUT2D eigenvalue weighted by molar-refractivity contribution is 1.33. The van der Waals surface area contributed by atoms with E-state index in [1.165, 1.54) is 0 Å². The van der Waals surface area contributed by atoms with Crippen molar-refractivity contribution in [2.24, 2.45) is 0 Å². The van der Waals surface area contributed by atoms with Crippen LogP contribution >= 0.6 is 34.8 Å². The number of benzene rings is 1. The summed E-state index contributed by atoms with van der Waals surface area (Å²) in [5.41, 5.74) is 1.56. The van der Waals surface area contributed by atoms with Crippen molar-refractivity contribution < 1.29 is 0 Å². The second-order valence-corrected chi connectivity index (χ2v) is 4.10. The summed E-state index contributed by atoms with van der Waals surface area (Å²) in [6.45, 7) is 0. The van der Waals surface area contributed by atoms with Gasteiger partial charge in [-0.3, -0.25) is 4.98 Å². The van der Waals surface area contributed by atoms with Crippen LogP contribution in [0.1, 0.15) is 0 Å². The molecular formula is C11H6Cl3N. The number of hydrogen-bond donors (Lipinski definition) is 0. The molecule has 4 heteroatoms. The molecule has 0 unspecified atom stereocenters. The fourth-order valence-corrected chi connectivity index (χ4v) is 1.88. The summed E-state index contributed by atoms with van der Waals surface area (Å²) in [5, 5.41) is 1.24. The molecule has 1 aromatic carbocycles. The molecule has 1 heterocycles. The van der Waals surface area contributed by atoms with Crippen molar-refractivity contribution in [2.75, 3.05) is 0 Å². The summed E-state index contributed by atoms with van der Waals surface area (Å²) < 4.78 is 0. The first-order chi connectivity index (χ1) is 7.20. The van der Waals surface area contributed by atoms with Gasteiger partial charge in [0, 0.05) is 11.8 Å². The van der Waals surface area contributed by atoms with Crippen molar-refractivity contribution in [3.05, 3.63) is 51.6 Å². The van der Waals surface area contributed by atoms with Gasteiger partial charge in [-0.2, -0.15) is 0 Å². The van der Waals surface area contributed by atoms with E-state index >= 15 is 0 Å². The molecule has 0 fully saturated rings. The molecule has 0 N–H and O–H groups in total. The van der Waals surface area contributed by atoms with Gasteiger partial charge in [0.1, 0.15) is 0 Å². The van der Waals surface area contributed by atoms with E-state index in [1.54, 1.807) is 18.3 Å². The van der Waals surface area contributed by atoms with Crippen molar-refractivity contribution in [1.29, 1.82) is 0 Å². The van der Waals surface area contributed by atoms with Gasteiger partial charge < -0.3 is 0 Å². The van der Waals surface area contributed by atoms with Crippen LogP contribution < -0.4 is 0 Å². The van der Waals surface area contributed by atoms with Crippen molar-refractivity contribution in [2.45, 2.75) is 0 Å². The van der Waals surface area contributed by atoms with E-state index in [1.807, 2.05) is 18.2 Å². The highest BCUT2D eigenvalue weighted by atomic mass is 35.5. The lowest BCUT2D eigenvalue weighted by atomic mass is 10.1. The van der Waals surface area contributed by atoms with Gasteiger partial charge in [0.2, 0.25) is 0 Å². The third-order valence-electron chi connectivity index (χ3n) is 1.98. The Bertz CT molecular complexity index is 483. The molecule has 0 aliphatic rings. The average molecular weight is 259 g/mol. The Morgan fingerprint density at radius 2 is 1.67 bits per heavy atom. The molecule has 1 aromatic heterocycles. The summed E-state index contributed by atoms with van der Waals surface area (Å²) in [5.74, 6) is 0. The number of rotatable bonds is 1. The van der Waals surface area contributed by atoms with Gasteiger partial charge in [0.15, 0.2) is 0 Å². The largest absolute Gasteiger partial charge is 0.256 e. The lowest BCUT2D eigenvalue weighted by Gasteiger charge is -2.05. The first-order valence-electron chi connectivity index (χ1n) is 4.25. The highest BCUT2D eigenvalue weighted by Gasteiger charge is 2.10. The van der Waals surface area contributed by atoms with Gasteiger partial charge in [-0.25, -0.2) is 0 Å². The Balaban J connectivity index is 2.60. The number of hydrogen-bond acceptors (Lipinski definition) is 1. The molecule has 2 aromatic rings. The normalized spacial score (nSPS) is 10.3. The summed E-state index contributed by atoms with van der Waals surface area (Å²) in [6, 6.07) is 9.11. The standard InChI is InChI=1S/C11H6Cl3N/c12-8-5-4-7(10(13)11(8)14)9-3-1-2-6-15-9/h1-6H. The molecular weight excluding hydrogens is 252 g/mol. The fourth-order valence-electron chi connectivity index (χ4n) is 1.25. The van der Waals surface area contributed by atoms with E-state index in [2.05, 4.69) is 4.98 Å². The van der Waals surface area contributed by atoms with Crippen LogP contribution in [-0.4, -0.2) is 4.98 Å². The molecule has 0 saturated carbocycles. The van der Waals surface area contributed by atoms with Gasteiger partial charge in [0.25, 0.3) is 0 Å². The average Bonchev–Trinajstić information content (AvgIpc) is 2.27. The molecule has 15 heavy (non-hydrogen) atoms. The Kier molecular flexibility index (Phi) is 3.15. The summed E-state index contributed by atoms with van der Waals surface area (Å²) >= 11 is 17.9. The minimum atomic E-state index is 0.362. The van der Waals surface area contributed by atoms with Crippen molar-refractivity contribution >= 4 is 34.8 Å². The predicted molar refractivity (Wildman–Crippen MR) is 64.7 cm³/mol. The Morgan fingerprint density at radius 1 is 0.867 bits per heavy atom. The number of halogens is 3. The fraction of sp³-hybridized carbons (Fsp3) is 0. The van der Waals surface area contributed by atoms with Crippen LogP contribution in [0.4, 0.5) is 0 Å². The molecule has 0 aliphatic carbocycles. The van der Waals surface area contributed by atoms with E-state index < -0.39 is 0 Å². The predicted octanol–water partition coefficient (Wildman–Crippen LogP) is 4.71. The quantitative estimate of drug-likeness (QED) is 0.675. The maximum Gasteiger partial charge on any atom is 0.0785 e. The molecule has 0 bridgehead atoms. The van der Waals surface area contributed by atoms with Gasteiger partial charge >= 0.3 is 0 Å². The van der Waals surface area contributed by atoms with Gasteiger partial charge in [0.05, 0.1) is 20.8 Å². The second-order valence-electron chi connectivity index (χ2n) is 2.94. The third-order valence-corrected chi connectivity index (χ3v) is 3.27.